The van der Waals surface area contributed by atoms with Crippen LogP contribution in [-0.4, -0.2) is 79.4 Å². The lowest BCUT2D eigenvalue weighted by Gasteiger charge is -2.24. The monoisotopic (exact) mass is 376 g/mol. The SMILES string of the molecule is CN(C)CCN(CCOCCO)C(=O)Nc1cccc([N+](=O)[O-])c1.Cl. The molecular weight excluding hydrogens is 352 g/mol. The van der Waals surface area contributed by atoms with Crippen LogP contribution in [0.25, 0.3) is 0 Å². The number of halogens is 1. The van der Waals surface area contributed by atoms with Gasteiger partial charge in [-0.15, -0.1) is 12.4 Å². The Kier molecular flexibility index (Phi) is 11.5. The highest BCUT2D eigenvalue weighted by Gasteiger charge is 2.15. The Bertz CT molecular complexity index is 544. The van der Waals surface area contributed by atoms with Gasteiger partial charge in [-0.05, 0) is 20.2 Å². The Labute approximate surface area is 153 Å². The number of aliphatic hydroxyl groups excluding tert-OH is 1. The van der Waals surface area contributed by atoms with Crippen LogP contribution in [0, 0.1) is 10.1 Å². The molecule has 0 fully saturated rings. The number of benzene rings is 1. The van der Waals surface area contributed by atoms with Crippen LogP contribution in [-0.2, 0) is 4.74 Å². The summed E-state index contributed by atoms with van der Waals surface area (Å²) >= 11 is 0. The highest BCUT2D eigenvalue weighted by atomic mass is 35.5. The number of urea groups is 1. The number of nitrogens with one attached hydrogen (secondary N) is 1. The number of nitro groups is 1. The third-order valence-corrected chi connectivity index (χ3v) is 3.15. The van der Waals surface area contributed by atoms with Crippen molar-refractivity contribution in [3.05, 3.63) is 34.4 Å². The molecule has 2 amide bonds. The van der Waals surface area contributed by atoms with E-state index in [1.807, 2.05) is 19.0 Å². The number of likely N-dealkylation sites (N-methyl/N-ethyl adjacent to an activating group) is 1. The van der Waals surface area contributed by atoms with Gasteiger partial charge in [0.15, 0.2) is 0 Å². The number of rotatable bonds is 10. The third-order valence-electron chi connectivity index (χ3n) is 3.15. The van der Waals surface area contributed by atoms with Crippen LogP contribution in [0.4, 0.5) is 16.2 Å². The third kappa shape index (κ3) is 9.20. The Balaban J connectivity index is 0.00000576. The second-order valence-corrected chi connectivity index (χ2v) is 5.36. The summed E-state index contributed by atoms with van der Waals surface area (Å²) in [6, 6.07) is 5.43. The molecule has 0 aliphatic rings. The van der Waals surface area contributed by atoms with E-state index in [1.54, 1.807) is 11.0 Å². The normalized spacial score (nSPS) is 10.2. The summed E-state index contributed by atoms with van der Waals surface area (Å²) in [6.07, 6.45) is 0. The quantitative estimate of drug-likeness (QED) is 0.363. The number of anilines is 1. The van der Waals surface area contributed by atoms with Crippen LogP contribution in [0.15, 0.2) is 24.3 Å². The van der Waals surface area contributed by atoms with Crippen LogP contribution >= 0.6 is 12.4 Å². The number of ether oxygens (including phenoxy) is 1. The van der Waals surface area contributed by atoms with Gasteiger partial charge in [0, 0.05) is 37.5 Å². The fourth-order valence-corrected chi connectivity index (χ4v) is 1.88. The van der Waals surface area contributed by atoms with Gasteiger partial charge in [0.05, 0.1) is 24.7 Å². The molecule has 0 atom stereocenters. The van der Waals surface area contributed by atoms with Crippen molar-refractivity contribution in [2.45, 2.75) is 0 Å². The number of carbonyl (C=O) groups is 1. The maximum absolute atomic E-state index is 12.4. The molecule has 9 nitrogen and oxygen atoms in total. The van der Waals surface area contributed by atoms with Crippen molar-refractivity contribution >= 4 is 29.8 Å². The maximum Gasteiger partial charge on any atom is 0.321 e. The summed E-state index contributed by atoms with van der Waals surface area (Å²) in [5.41, 5.74) is 0.277. The summed E-state index contributed by atoms with van der Waals surface area (Å²) in [5.74, 6) is 0. The van der Waals surface area contributed by atoms with Gasteiger partial charge in [-0.3, -0.25) is 10.1 Å². The Morgan fingerprint density at radius 1 is 1.28 bits per heavy atom. The number of carbonyl (C=O) groups excluding carboxylic acids is 1. The molecule has 1 aromatic rings. The van der Waals surface area contributed by atoms with Crippen LogP contribution < -0.4 is 5.32 Å². The number of amides is 2. The fraction of sp³-hybridized carbons (Fsp3) is 0.533. The van der Waals surface area contributed by atoms with Gasteiger partial charge in [-0.2, -0.15) is 0 Å². The average Bonchev–Trinajstić information content (AvgIpc) is 2.54. The van der Waals surface area contributed by atoms with E-state index in [2.05, 4.69) is 5.32 Å². The molecular formula is C15H25ClN4O5. The first-order valence-electron chi connectivity index (χ1n) is 7.57. The fourth-order valence-electron chi connectivity index (χ4n) is 1.88. The van der Waals surface area contributed by atoms with Crippen molar-refractivity contribution in [3.63, 3.8) is 0 Å². The molecule has 0 saturated carbocycles. The topological polar surface area (TPSA) is 108 Å². The van der Waals surface area contributed by atoms with Crippen molar-refractivity contribution in [1.82, 2.24) is 9.80 Å². The Morgan fingerprint density at radius 3 is 2.60 bits per heavy atom. The Morgan fingerprint density at radius 2 is 2.00 bits per heavy atom. The van der Waals surface area contributed by atoms with E-state index in [0.29, 0.717) is 31.9 Å². The van der Waals surface area contributed by atoms with Crippen molar-refractivity contribution in [2.75, 3.05) is 58.9 Å². The largest absolute Gasteiger partial charge is 0.394 e. The molecule has 1 rings (SSSR count). The molecule has 142 valence electrons. The zero-order chi connectivity index (χ0) is 17.9. The lowest BCUT2D eigenvalue weighted by atomic mass is 10.3. The first-order chi connectivity index (χ1) is 11.4. The van der Waals surface area contributed by atoms with Gasteiger partial charge in [-0.1, -0.05) is 6.07 Å². The van der Waals surface area contributed by atoms with Gasteiger partial charge in [0.25, 0.3) is 5.69 Å². The summed E-state index contributed by atoms with van der Waals surface area (Å²) in [4.78, 5) is 26.2. The molecule has 0 aliphatic carbocycles. The van der Waals surface area contributed by atoms with E-state index in [9.17, 15) is 14.9 Å². The van der Waals surface area contributed by atoms with Crippen molar-refractivity contribution < 1.29 is 19.6 Å². The molecule has 1 aromatic carbocycles. The predicted molar refractivity (Wildman–Crippen MR) is 97.4 cm³/mol. The molecule has 0 aromatic heterocycles. The van der Waals surface area contributed by atoms with E-state index in [4.69, 9.17) is 9.84 Å². The highest BCUT2D eigenvalue weighted by Crippen LogP contribution is 2.17. The number of aliphatic hydroxyl groups is 1. The standard InChI is InChI=1S/C15H24N4O5.ClH/c1-17(2)6-7-18(8-10-24-11-9-20)15(21)16-13-4-3-5-14(12-13)19(22)23;/h3-5,12,20H,6-11H2,1-2H3,(H,16,21);1H. The molecule has 0 unspecified atom stereocenters. The summed E-state index contributed by atoms with van der Waals surface area (Å²) in [7, 11) is 3.80. The molecule has 0 heterocycles. The van der Waals surface area contributed by atoms with E-state index < -0.39 is 4.92 Å². The minimum atomic E-state index is -0.512. The van der Waals surface area contributed by atoms with Crippen LogP contribution in [0.2, 0.25) is 0 Å². The van der Waals surface area contributed by atoms with Gasteiger partial charge in [0.2, 0.25) is 0 Å². The lowest BCUT2D eigenvalue weighted by molar-refractivity contribution is -0.384. The van der Waals surface area contributed by atoms with Crippen molar-refractivity contribution in [3.8, 4) is 0 Å². The first kappa shape index (κ1) is 23.1. The molecule has 0 bridgehead atoms. The van der Waals surface area contributed by atoms with Crippen LogP contribution in [0.3, 0.4) is 0 Å². The Hall–Kier alpha value is -1.94. The number of nitro benzene ring substituents is 1. The molecule has 2 N–H and O–H groups in total. The molecule has 0 saturated heterocycles. The van der Waals surface area contributed by atoms with Crippen molar-refractivity contribution in [1.29, 1.82) is 0 Å². The number of hydrogen-bond acceptors (Lipinski definition) is 6. The summed E-state index contributed by atoms with van der Waals surface area (Å²) < 4.78 is 5.20. The second-order valence-electron chi connectivity index (χ2n) is 5.36. The summed E-state index contributed by atoms with van der Waals surface area (Å²) in [6.45, 7) is 1.95. The minimum absolute atomic E-state index is 0. The van der Waals surface area contributed by atoms with E-state index in [-0.39, 0.29) is 37.3 Å². The maximum atomic E-state index is 12.4. The predicted octanol–water partition coefficient (Wildman–Crippen LogP) is 1.42. The van der Waals surface area contributed by atoms with Crippen LogP contribution in [0.5, 0.6) is 0 Å². The molecule has 0 radical (unpaired) electrons. The van der Waals surface area contributed by atoms with Gasteiger partial charge in [0.1, 0.15) is 0 Å². The molecule has 0 spiro atoms. The van der Waals surface area contributed by atoms with Gasteiger partial charge >= 0.3 is 6.03 Å². The van der Waals surface area contributed by atoms with Crippen LogP contribution in [0.1, 0.15) is 0 Å². The highest BCUT2D eigenvalue weighted by molar-refractivity contribution is 5.89. The minimum Gasteiger partial charge on any atom is -0.394 e. The first-order valence-corrected chi connectivity index (χ1v) is 7.57. The number of nitrogens with zero attached hydrogens (tertiary/aromatic N) is 3. The molecule has 0 aliphatic heterocycles. The van der Waals surface area contributed by atoms with Crippen molar-refractivity contribution in [2.24, 2.45) is 0 Å². The molecule has 25 heavy (non-hydrogen) atoms. The zero-order valence-electron chi connectivity index (χ0n) is 14.4. The number of non-ortho nitro benzene ring substituents is 1. The lowest BCUT2D eigenvalue weighted by Crippen LogP contribution is -2.41. The smallest absolute Gasteiger partial charge is 0.321 e. The summed E-state index contributed by atoms with van der Waals surface area (Å²) in [5, 5.41) is 22.2. The van der Waals surface area contributed by atoms with E-state index in [0.717, 1.165) is 0 Å². The second kappa shape index (κ2) is 12.4. The molecule has 10 heteroatoms. The zero-order valence-corrected chi connectivity index (χ0v) is 15.2. The van der Waals surface area contributed by atoms with Gasteiger partial charge < -0.3 is 25.0 Å². The average molecular weight is 377 g/mol. The van der Waals surface area contributed by atoms with E-state index in [1.165, 1.54) is 18.2 Å². The van der Waals surface area contributed by atoms with E-state index >= 15 is 0 Å². The van der Waals surface area contributed by atoms with Gasteiger partial charge in [-0.25, -0.2) is 4.79 Å². The number of hydrogen-bond donors (Lipinski definition) is 2.